The highest BCUT2D eigenvalue weighted by Gasteiger charge is 2.51. The van der Waals surface area contributed by atoms with Gasteiger partial charge in [0.05, 0.1) is 50.8 Å². The summed E-state index contributed by atoms with van der Waals surface area (Å²) in [5, 5.41) is 0. The quantitative estimate of drug-likeness (QED) is 0.0934. The van der Waals surface area contributed by atoms with E-state index in [0.717, 1.165) is 0 Å². The van der Waals surface area contributed by atoms with E-state index in [1.54, 1.807) is 62.4 Å². The second-order valence-electron chi connectivity index (χ2n) is 11.5. The number of hydrogen-bond donors (Lipinski definition) is 0. The van der Waals surface area contributed by atoms with Gasteiger partial charge in [-0.2, -0.15) is 0 Å². The van der Waals surface area contributed by atoms with Gasteiger partial charge in [-0.1, -0.05) is 13.2 Å². The van der Waals surface area contributed by atoms with Crippen LogP contribution < -0.4 is 9.47 Å². The van der Waals surface area contributed by atoms with Crippen LogP contribution in [0.2, 0.25) is 0 Å². The van der Waals surface area contributed by atoms with Crippen LogP contribution in [0, 0.1) is 0 Å². The van der Waals surface area contributed by atoms with Crippen LogP contribution in [0.1, 0.15) is 60.2 Å². The molecule has 2 fully saturated rings. The Bertz CT molecular complexity index is 1320. The van der Waals surface area contributed by atoms with Gasteiger partial charge in [0, 0.05) is 11.1 Å². The van der Waals surface area contributed by atoms with Crippen molar-refractivity contribution in [3.05, 3.63) is 84.0 Å². The molecule has 258 valence electrons. The first kappa shape index (κ1) is 36.2. The van der Waals surface area contributed by atoms with Crippen molar-refractivity contribution in [2.75, 3.05) is 39.6 Å². The zero-order chi connectivity index (χ0) is 34.5. The van der Waals surface area contributed by atoms with Crippen LogP contribution in [0.4, 0.5) is 0 Å². The molecule has 2 aliphatic heterocycles. The zero-order valence-corrected chi connectivity index (χ0v) is 27.3. The first-order chi connectivity index (χ1) is 23.1. The Balaban J connectivity index is 1.14. The van der Waals surface area contributed by atoms with Crippen molar-refractivity contribution >= 4 is 23.9 Å². The number of unbranched alkanes of at least 4 members (excludes halogenated alkanes) is 2. The number of carbonyl (C=O) groups is 4. The molecule has 0 bridgehead atoms. The normalized spacial score (nSPS) is 19.5. The minimum absolute atomic E-state index is 0.111. The van der Waals surface area contributed by atoms with E-state index in [-0.39, 0.29) is 13.2 Å². The van der Waals surface area contributed by atoms with Crippen molar-refractivity contribution in [2.45, 2.75) is 63.9 Å². The highest BCUT2D eigenvalue weighted by atomic mass is 16.7. The molecule has 4 atom stereocenters. The average Bonchev–Trinajstić information content (AvgIpc) is 3.67. The third-order valence-corrected chi connectivity index (χ3v) is 7.44. The van der Waals surface area contributed by atoms with Crippen LogP contribution in [0.3, 0.4) is 0 Å². The van der Waals surface area contributed by atoms with E-state index in [0.29, 0.717) is 85.9 Å². The first-order valence-electron chi connectivity index (χ1n) is 15.9. The number of carbonyl (C=O) groups excluding carboxylic acids is 4. The van der Waals surface area contributed by atoms with Crippen molar-refractivity contribution in [1.29, 1.82) is 0 Å². The summed E-state index contributed by atoms with van der Waals surface area (Å²) in [6, 6.07) is 13.2. The topological polar surface area (TPSA) is 142 Å². The lowest BCUT2D eigenvalue weighted by atomic mass is 10.1. The fraction of sp³-hybridized carbons (Fsp3) is 0.444. The number of ether oxygens (including phenoxy) is 8. The molecule has 0 aliphatic carbocycles. The molecular formula is C36H42O12. The van der Waals surface area contributed by atoms with E-state index < -0.39 is 48.3 Å². The molecule has 2 aromatic carbocycles. The summed E-state index contributed by atoms with van der Waals surface area (Å²) in [5.41, 5.74) is 1.41. The highest BCUT2D eigenvalue weighted by molar-refractivity contribution is 5.90. The molecule has 48 heavy (non-hydrogen) atoms. The molecule has 0 saturated carbocycles. The Morgan fingerprint density at radius 2 is 0.958 bits per heavy atom. The van der Waals surface area contributed by atoms with E-state index in [2.05, 4.69) is 13.2 Å². The lowest BCUT2D eigenvalue weighted by Gasteiger charge is -2.17. The third-order valence-electron chi connectivity index (χ3n) is 7.44. The van der Waals surface area contributed by atoms with E-state index in [1.165, 1.54) is 0 Å². The van der Waals surface area contributed by atoms with Gasteiger partial charge in [-0.15, -0.1) is 0 Å². The molecule has 0 radical (unpaired) electrons. The van der Waals surface area contributed by atoms with Crippen molar-refractivity contribution in [3.8, 4) is 11.5 Å². The van der Waals surface area contributed by atoms with Gasteiger partial charge in [0.2, 0.25) is 0 Å². The third kappa shape index (κ3) is 10.7. The smallest absolute Gasteiger partial charge is 0.338 e. The van der Waals surface area contributed by atoms with Crippen LogP contribution >= 0.6 is 0 Å². The second-order valence-corrected chi connectivity index (χ2v) is 11.5. The summed E-state index contributed by atoms with van der Waals surface area (Å²) < 4.78 is 44.5. The highest BCUT2D eigenvalue weighted by Crippen LogP contribution is 2.32. The van der Waals surface area contributed by atoms with E-state index in [1.807, 2.05) is 0 Å². The minimum Gasteiger partial charge on any atom is -0.494 e. The maximum Gasteiger partial charge on any atom is 0.338 e. The lowest BCUT2D eigenvalue weighted by Crippen LogP contribution is -2.36. The molecule has 0 amide bonds. The van der Waals surface area contributed by atoms with Crippen molar-refractivity contribution < 1.29 is 57.1 Å². The summed E-state index contributed by atoms with van der Waals surface area (Å²) in [4.78, 5) is 48.4. The summed E-state index contributed by atoms with van der Waals surface area (Å²) in [6.45, 7) is 12.0. The van der Waals surface area contributed by atoms with Crippen molar-refractivity contribution in [1.82, 2.24) is 0 Å². The minimum atomic E-state index is -0.657. The average molecular weight is 667 g/mol. The van der Waals surface area contributed by atoms with Gasteiger partial charge in [0.15, 0.2) is 12.2 Å². The maximum atomic E-state index is 12.8. The van der Waals surface area contributed by atoms with Crippen LogP contribution in [0.15, 0.2) is 72.8 Å². The maximum absolute atomic E-state index is 12.8. The molecule has 12 heteroatoms. The molecule has 0 N–H and O–H groups in total. The Morgan fingerprint density at radius 1 is 0.604 bits per heavy atom. The summed E-state index contributed by atoms with van der Waals surface area (Å²) >= 11 is 0. The predicted octanol–water partition coefficient (Wildman–Crippen LogP) is 4.79. The summed E-state index contributed by atoms with van der Waals surface area (Å²) in [7, 11) is 0. The van der Waals surface area contributed by atoms with Gasteiger partial charge in [-0.25, -0.2) is 19.2 Å². The Hall–Kier alpha value is -4.68. The van der Waals surface area contributed by atoms with Crippen molar-refractivity contribution in [3.63, 3.8) is 0 Å². The van der Waals surface area contributed by atoms with Crippen LogP contribution in [-0.2, 0) is 38.0 Å². The SMILES string of the molecule is C=C(C)C(=O)OCCCCOc1ccc(C(=O)O[C@@H]2COC3C2OC[C@H]3OC(=O)c2ccc(OCCCCOC(=O)C(=C)C)cc2)cc1. The van der Waals surface area contributed by atoms with E-state index in [9.17, 15) is 19.2 Å². The first-order valence-corrected chi connectivity index (χ1v) is 15.9. The molecule has 2 saturated heterocycles. The Kier molecular flexibility index (Phi) is 13.6. The number of fused-ring (bicyclic) bond motifs is 1. The summed E-state index contributed by atoms with van der Waals surface area (Å²) in [6.07, 6.45) is 0.242. The van der Waals surface area contributed by atoms with Gasteiger partial charge in [0.1, 0.15) is 23.7 Å². The molecule has 2 heterocycles. The van der Waals surface area contributed by atoms with E-state index in [4.69, 9.17) is 37.9 Å². The molecule has 12 nitrogen and oxygen atoms in total. The second kappa shape index (κ2) is 18.0. The van der Waals surface area contributed by atoms with Gasteiger partial charge in [-0.05, 0) is 88.1 Å². The molecule has 4 rings (SSSR count). The largest absolute Gasteiger partial charge is 0.494 e. The molecule has 2 aromatic rings. The van der Waals surface area contributed by atoms with Gasteiger partial charge in [-0.3, -0.25) is 0 Å². The monoisotopic (exact) mass is 666 g/mol. The van der Waals surface area contributed by atoms with Crippen molar-refractivity contribution in [2.24, 2.45) is 0 Å². The van der Waals surface area contributed by atoms with Crippen LogP contribution in [-0.4, -0.2) is 87.9 Å². The number of hydrogen-bond acceptors (Lipinski definition) is 12. The zero-order valence-electron chi connectivity index (χ0n) is 27.3. The Morgan fingerprint density at radius 3 is 1.31 bits per heavy atom. The lowest BCUT2D eigenvalue weighted by molar-refractivity contribution is -0.139. The van der Waals surface area contributed by atoms with Gasteiger partial charge in [0.25, 0.3) is 0 Å². The van der Waals surface area contributed by atoms with E-state index >= 15 is 0 Å². The molecule has 0 spiro atoms. The summed E-state index contributed by atoms with van der Waals surface area (Å²) in [5.74, 6) is -0.692. The Labute approximate surface area is 279 Å². The fourth-order valence-electron chi connectivity index (χ4n) is 4.78. The predicted molar refractivity (Wildman–Crippen MR) is 172 cm³/mol. The fourth-order valence-corrected chi connectivity index (χ4v) is 4.78. The van der Waals surface area contributed by atoms with Gasteiger partial charge >= 0.3 is 23.9 Å². The number of esters is 4. The standard InChI is InChI=1S/C36H42O12/c1-23(2)33(37)43-19-7-5-17-41-27-13-9-25(10-14-27)35(39)47-29-21-45-32-30(22-46-31(29)32)48-36(40)26-11-15-28(16-12-26)42-18-6-8-20-44-34(38)24(3)4/h9-16,29-32H,1,3,5-8,17-22H2,2,4H3/t29-,30-,31?,32?/m1/s1. The molecule has 2 unspecified atom stereocenters. The molecule has 0 aromatic heterocycles. The van der Waals surface area contributed by atoms with Gasteiger partial charge < -0.3 is 37.9 Å². The molecular weight excluding hydrogens is 624 g/mol. The number of rotatable bonds is 18. The number of benzene rings is 2. The van der Waals surface area contributed by atoms with Crippen LogP contribution in [0.25, 0.3) is 0 Å². The van der Waals surface area contributed by atoms with Crippen LogP contribution in [0.5, 0.6) is 11.5 Å². The molecule has 2 aliphatic rings.